The summed E-state index contributed by atoms with van der Waals surface area (Å²) in [7, 11) is 4.87. The van der Waals surface area contributed by atoms with Crippen LogP contribution in [0.4, 0.5) is 0 Å². The van der Waals surface area contributed by atoms with Gasteiger partial charge in [0.05, 0.1) is 32.8 Å². The molecule has 8 nitrogen and oxygen atoms in total. The van der Waals surface area contributed by atoms with Crippen molar-refractivity contribution in [1.29, 1.82) is 0 Å². The van der Waals surface area contributed by atoms with Gasteiger partial charge in [0.2, 0.25) is 12.3 Å². The summed E-state index contributed by atoms with van der Waals surface area (Å²) in [6.07, 6.45) is 4.22. The molecule has 2 aliphatic rings. The van der Waals surface area contributed by atoms with E-state index in [0.29, 0.717) is 24.0 Å². The highest BCUT2D eigenvalue weighted by Gasteiger charge is 2.47. The molecule has 2 aromatic rings. The number of amides is 2. The molecule has 194 valence electrons. The van der Waals surface area contributed by atoms with Crippen LogP contribution in [0.25, 0.3) is 0 Å². The largest absolute Gasteiger partial charge is 0.497 e. The van der Waals surface area contributed by atoms with Gasteiger partial charge in [0.1, 0.15) is 5.75 Å². The number of rotatable bonds is 11. The number of likely N-dealkylation sites (tertiary alicyclic amines) is 2. The van der Waals surface area contributed by atoms with Crippen LogP contribution >= 0.6 is 0 Å². The third-order valence-corrected chi connectivity index (χ3v) is 7.76. The van der Waals surface area contributed by atoms with Crippen LogP contribution in [-0.2, 0) is 16.1 Å². The Kier molecular flexibility index (Phi) is 8.36. The maximum absolute atomic E-state index is 13.4. The molecule has 0 bridgehead atoms. The number of carbonyl (C=O) groups excluding carboxylic acids is 2. The number of hydrogen-bond donors (Lipinski definition) is 1. The molecule has 0 aliphatic carbocycles. The van der Waals surface area contributed by atoms with Crippen molar-refractivity contribution in [2.24, 2.45) is 5.41 Å². The summed E-state index contributed by atoms with van der Waals surface area (Å²) in [5, 5.41) is 2.95. The van der Waals surface area contributed by atoms with Crippen molar-refractivity contribution in [3.05, 3.63) is 53.6 Å². The zero-order chi connectivity index (χ0) is 25.5. The first kappa shape index (κ1) is 25.8. The summed E-state index contributed by atoms with van der Waals surface area (Å²) in [5.41, 5.74) is 1.88. The van der Waals surface area contributed by atoms with Gasteiger partial charge in [-0.3, -0.25) is 9.59 Å². The zero-order valence-electron chi connectivity index (χ0n) is 21.5. The Morgan fingerprint density at radius 1 is 0.944 bits per heavy atom. The van der Waals surface area contributed by atoms with E-state index in [1.54, 1.807) is 21.3 Å². The number of benzene rings is 2. The van der Waals surface area contributed by atoms with E-state index in [0.717, 1.165) is 75.1 Å². The second kappa shape index (κ2) is 11.6. The molecular weight excluding hydrogens is 458 g/mol. The molecule has 8 heteroatoms. The Morgan fingerprint density at radius 2 is 1.64 bits per heavy atom. The Hall–Kier alpha value is -3.26. The first-order valence-corrected chi connectivity index (χ1v) is 12.6. The van der Waals surface area contributed by atoms with Crippen molar-refractivity contribution in [2.45, 2.75) is 38.3 Å². The van der Waals surface area contributed by atoms with Gasteiger partial charge in [0.25, 0.3) is 0 Å². The topological polar surface area (TPSA) is 80.3 Å². The van der Waals surface area contributed by atoms with Crippen LogP contribution in [-0.4, -0.2) is 69.6 Å². The number of carbonyl (C=O) groups is 2. The number of ether oxygens (including phenoxy) is 3. The van der Waals surface area contributed by atoms with Crippen LogP contribution < -0.4 is 19.5 Å². The minimum absolute atomic E-state index is 0.119. The summed E-state index contributed by atoms with van der Waals surface area (Å²) in [4.78, 5) is 29.1. The molecule has 2 aromatic carbocycles. The van der Waals surface area contributed by atoms with E-state index in [-0.39, 0.29) is 11.5 Å². The molecular formula is C28H37N3O5. The molecule has 2 fully saturated rings. The van der Waals surface area contributed by atoms with Crippen LogP contribution in [0.5, 0.6) is 17.2 Å². The normalized spacial score (nSPS) is 18.2. The summed E-state index contributed by atoms with van der Waals surface area (Å²) in [6.45, 7) is 4.09. The first-order valence-electron chi connectivity index (χ1n) is 12.6. The fraction of sp³-hybridized carbons (Fsp3) is 0.500. The SMILES string of the molecule is COc1ccc(CN2CCC3(CCN(CCC(NC=O)c4ccc(OC)c(OC)c4)CC3)C2=O)cc1. The molecule has 2 amide bonds. The Morgan fingerprint density at radius 3 is 2.28 bits per heavy atom. The Bertz CT molecular complexity index is 1030. The summed E-state index contributed by atoms with van der Waals surface area (Å²) in [6, 6.07) is 13.6. The average Bonchev–Trinajstić information content (AvgIpc) is 3.21. The van der Waals surface area contributed by atoms with Crippen LogP contribution in [0.2, 0.25) is 0 Å². The fourth-order valence-corrected chi connectivity index (χ4v) is 5.47. The van der Waals surface area contributed by atoms with Gasteiger partial charge >= 0.3 is 0 Å². The van der Waals surface area contributed by atoms with Crippen molar-refractivity contribution >= 4 is 12.3 Å². The van der Waals surface area contributed by atoms with Crippen molar-refractivity contribution < 1.29 is 23.8 Å². The number of nitrogens with zero attached hydrogens (tertiary/aromatic N) is 2. The lowest BCUT2D eigenvalue weighted by Gasteiger charge is -2.38. The fourth-order valence-electron chi connectivity index (χ4n) is 5.47. The third-order valence-electron chi connectivity index (χ3n) is 7.76. The van der Waals surface area contributed by atoms with Crippen molar-refractivity contribution in [3.63, 3.8) is 0 Å². The lowest BCUT2D eigenvalue weighted by atomic mass is 9.77. The van der Waals surface area contributed by atoms with Crippen LogP contribution in [0.15, 0.2) is 42.5 Å². The molecule has 1 N–H and O–H groups in total. The molecule has 0 saturated carbocycles. The number of nitrogens with one attached hydrogen (secondary N) is 1. The van der Waals surface area contributed by atoms with Gasteiger partial charge in [-0.2, -0.15) is 0 Å². The third kappa shape index (κ3) is 5.59. The van der Waals surface area contributed by atoms with E-state index in [1.807, 2.05) is 47.4 Å². The summed E-state index contributed by atoms with van der Waals surface area (Å²) >= 11 is 0. The Labute approximate surface area is 213 Å². The number of hydrogen-bond acceptors (Lipinski definition) is 6. The summed E-state index contributed by atoms with van der Waals surface area (Å²) in [5.74, 6) is 2.43. The first-order chi connectivity index (χ1) is 17.5. The van der Waals surface area contributed by atoms with Crippen LogP contribution in [0.3, 0.4) is 0 Å². The molecule has 2 aliphatic heterocycles. The van der Waals surface area contributed by atoms with Crippen LogP contribution in [0, 0.1) is 5.41 Å². The van der Waals surface area contributed by atoms with Gasteiger partial charge in [0, 0.05) is 19.6 Å². The highest BCUT2D eigenvalue weighted by atomic mass is 16.5. The highest BCUT2D eigenvalue weighted by Crippen LogP contribution is 2.42. The zero-order valence-corrected chi connectivity index (χ0v) is 21.5. The van der Waals surface area contributed by atoms with Gasteiger partial charge in [-0.05, 0) is 74.2 Å². The van der Waals surface area contributed by atoms with Crippen molar-refractivity contribution in [3.8, 4) is 17.2 Å². The number of methoxy groups -OCH3 is 3. The molecule has 1 unspecified atom stereocenters. The maximum atomic E-state index is 13.4. The number of piperidine rings is 1. The molecule has 2 heterocycles. The molecule has 1 spiro atoms. The standard InChI is InChI=1S/C28H37N3O5/c1-34-23-7-4-21(5-8-23)19-31-17-13-28(27(31)33)11-15-30(16-12-28)14-10-24(29-20-32)22-6-9-25(35-2)26(18-22)36-3/h4-9,18,20,24H,10-17,19H2,1-3H3,(H,29,32). The van der Waals surface area contributed by atoms with Gasteiger partial charge in [-0.1, -0.05) is 18.2 Å². The van der Waals surface area contributed by atoms with Crippen LogP contribution in [0.1, 0.15) is 42.9 Å². The van der Waals surface area contributed by atoms with E-state index < -0.39 is 0 Å². The second-order valence-electron chi connectivity index (χ2n) is 9.69. The van der Waals surface area contributed by atoms with Gasteiger partial charge in [-0.25, -0.2) is 0 Å². The summed E-state index contributed by atoms with van der Waals surface area (Å²) < 4.78 is 16.0. The van der Waals surface area contributed by atoms with E-state index in [2.05, 4.69) is 10.2 Å². The van der Waals surface area contributed by atoms with E-state index in [9.17, 15) is 9.59 Å². The quantitative estimate of drug-likeness (QED) is 0.482. The molecule has 1 atom stereocenters. The van der Waals surface area contributed by atoms with Crippen molar-refractivity contribution in [1.82, 2.24) is 15.1 Å². The average molecular weight is 496 g/mol. The maximum Gasteiger partial charge on any atom is 0.229 e. The van der Waals surface area contributed by atoms with Gasteiger partial charge in [-0.15, -0.1) is 0 Å². The van der Waals surface area contributed by atoms with Gasteiger partial charge in [0.15, 0.2) is 11.5 Å². The monoisotopic (exact) mass is 495 g/mol. The highest BCUT2D eigenvalue weighted by molar-refractivity contribution is 5.85. The van der Waals surface area contributed by atoms with E-state index in [4.69, 9.17) is 14.2 Å². The molecule has 0 aromatic heterocycles. The molecule has 2 saturated heterocycles. The minimum atomic E-state index is -0.229. The second-order valence-corrected chi connectivity index (χ2v) is 9.69. The molecule has 36 heavy (non-hydrogen) atoms. The van der Waals surface area contributed by atoms with E-state index >= 15 is 0 Å². The van der Waals surface area contributed by atoms with Crippen molar-refractivity contribution in [2.75, 3.05) is 47.5 Å². The molecule has 4 rings (SSSR count). The smallest absolute Gasteiger partial charge is 0.229 e. The lowest BCUT2D eigenvalue weighted by molar-refractivity contribution is -0.138. The Balaban J connectivity index is 1.31. The predicted octanol–water partition coefficient (Wildman–Crippen LogP) is 3.40. The molecule has 0 radical (unpaired) electrons. The van der Waals surface area contributed by atoms with Gasteiger partial charge < -0.3 is 29.3 Å². The predicted molar refractivity (Wildman–Crippen MR) is 137 cm³/mol. The van der Waals surface area contributed by atoms with E-state index in [1.165, 1.54) is 0 Å². The minimum Gasteiger partial charge on any atom is -0.497 e. The lowest BCUT2D eigenvalue weighted by Crippen LogP contribution is -2.45.